The third kappa shape index (κ3) is 7.83. The van der Waals surface area contributed by atoms with E-state index in [-0.39, 0.29) is 16.9 Å². The highest BCUT2D eigenvalue weighted by atomic mass is 79.9. The van der Waals surface area contributed by atoms with E-state index in [1.807, 2.05) is 6.07 Å². The molecule has 0 aliphatic carbocycles. The van der Waals surface area contributed by atoms with Crippen LogP contribution in [-0.2, 0) is 0 Å². The van der Waals surface area contributed by atoms with Crippen LogP contribution in [0.1, 0.15) is 53.3 Å². The summed E-state index contributed by atoms with van der Waals surface area (Å²) < 4.78 is 6.32. The van der Waals surface area contributed by atoms with Crippen molar-refractivity contribution in [2.45, 2.75) is 32.6 Å². The molecule has 0 aromatic heterocycles. The highest BCUT2D eigenvalue weighted by molar-refractivity contribution is 9.10. The van der Waals surface area contributed by atoms with Gasteiger partial charge in [0.05, 0.1) is 12.2 Å². The molecule has 154 valence electrons. The summed E-state index contributed by atoms with van der Waals surface area (Å²) in [5, 5.41) is 2.51. The molecule has 3 N–H and O–H groups in total. The van der Waals surface area contributed by atoms with Gasteiger partial charge >= 0.3 is 0 Å². The van der Waals surface area contributed by atoms with Gasteiger partial charge in [0, 0.05) is 10.0 Å². The molecule has 0 radical (unpaired) electrons. The first-order chi connectivity index (χ1) is 14.0. The predicted molar refractivity (Wildman–Crippen MR) is 121 cm³/mol. The molecule has 0 unspecified atom stereocenters. The Morgan fingerprint density at radius 3 is 2.38 bits per heavy atom. The second-order valence-corrected chi connectivity index (χ2v) is 7.54. The van der Waals surface area contributed by atoms with Crippen LogP contribution in [0.25, 0.3) is 0 Å². The van der Waals surface area contributed by atoms with Crippen molar-refractivity contribution >= 4 is 45.1 Å². The number of unbranched alkanes of at least 4 members (excludes halogenated alkanes) is 3. The molecule has 0 saturated carbocycles. The number of amides is 2. The van der Waals surface area contributed by atoms with Gasteiger partial charge in [-0.05, 0) is 71.0 Å². The average Bonchev–Trinajstić information content (AvgIpc) is 2.72. The highest BCUT2D eigenvalue weighted by Crippen LogP contribution is 2.15. The van der Waals surface area contributed by atoms with Crippen molar-refractivity contribution in [3.05, 3.63) is 64.1 Å². The number of halogens is 1. The minimum Gasteiger partial charge on any atom is -0.494 e. The molecule has 6 nitrogen and oxygen atoms in total. The van der Waals surface area contributed by atoms with Gasteiger partial charge in [0.2, 0.25) is 0 Å². The number of ether oxygens (including phenoxy) is 1. The van der Waals surface area contributed by atoms with Crippen molar-refractivity contribution in [1.29, 1.82) is 0 Å². The molecule has 8 heteroatoms. The monoisotopic (exact) mass is 477 g/mol. The molecule has 2 rings (SSSR count). The van der Waals surface area contributed by atoms with Crippen LogP contribution in [-0.4, -0.2) is 23.5 Å². The standard InChI is InChI=1S/C21H24BrN3O3S/c1-2-3-4-7-14-28-16-12-10-15(11-13-16)19(26)23-21(29)25-24-20(27)17-8-5-6-9-18(17)22/h5-6,8-13H,2-4,7,14H2,1H3,(H,24,27)(H2,23,25,26,29). The first-order valence-corrected chi connectivity index (χ1v) is 10.6. The lowest BCUT2D eigenvalue weighted by Crippen LogP contribution is -2.48. The van der Waals surface area contributed by atoms with Gasteiger partial charge in [-0.25, -0.2) is 0 Å². The van der Waals surface area contributed by atoms with Gasteiger partial charge in [-0.3, -0.25) is 25.8 Å². The van der Waals surface area contributed by atoms with E-state index in [0.717, 1.165) is 18.6 Å². The molecule has 2 aromatic rings. The summed E-state index contributed by atoms with van der Waals surface area (Å²) >= 11 is 8.36. The van der Waals surface area contributed by atoms with Crippen LogP contribution in [0.4, 0.5) is 0 Å². The quantitative estimate of drug-likeness (QED) is 0.299. The zero-order valence-corrected chi connectivity index (χ0v) is 18.6. The summed E-state index contributed by atoms with van der Waals surface area (Å²) in [6.45, 7) is 2.83. The van der Waals surface area contributed by atoms with Gasteiger partial charge in [-0.2, -0.15) is 0 Å². The van der Waals surface area contributed by atoms with Gasteiger partial charge < -0.3 is 4.74 Å². The van der Waals surface area contributed by atoms with Crippen LogP contribution < -0.4 is 20.9 Å². The fourth-order valence-corrected chi connectivity index (χ4v) is 3.06. The Labute approximate surface area is 184 Å². The molecule has 2 aromatic carbocycles. The first-order valence-electron chi connectivity index (χ1n) is 9.40. The minimum atomic E-state index is -0.382. The average molecular weight is 478 g/mol. The number of hydrogen-bond donors (Lipinski definition) is 3. The third-order valence-electron chi connectivity index (χ3n) is 4.02. The van der Waals surface area contributed by atoms with Crippen molar-refractivity contribution in [3.8, 4) is 5.75 Å². The number of hydrogen-bond acceptors (Lipinski definition) is 4. The summed E-state index contributed by atoms with van der Waals surface area (Å²) in [5.41, 5.74) is 5.85. The maximum atomic E-state index is 12.3. The summed E-state index contributed by atoms with van der Waals surface area (Å²) in [7, 11) is 0. The molecule has 2 amide bonds. The predicted octanol–water partition coefficient (Wildman–Crippen LogP) is 4.36. The molecular formula is C21H24BrN3O3S. The van der Waals surface area contributed by atoms with Crippen molar-refractivity contribution in [2.75, 3.05) is 6.61 Å². The zero-order chi connectivity index (χ0) is 21.1. The van der Waals surface area contributed by atoms with Gasteiger partial charge in [-0.1, -0.05) is 38.3 Å². The SMILES string of the molecule is CCCCCCOc1ccc(C(=O)NC(=S)NNC(=O)c2ccccc2Br)cc1. The fourth-order valence-electron chi connectivity index (χ4n) is 2.45. The molecule has 0 bridgehead atoms. The molecule has 0 aliphatic rings. The summed E-state index contributed by atoms with van der Waals surface area (Å²) in [4.78, 5) is 24.4. The van der Waals surface area contributed by atoms with E-state index in [1.54, 1.807) is 42.5 Å². The van der Waals surface area contributed by atoms with Crippen molar-refractivity contribution in [3.63, 3.8) is 0 Å². The summed E-state index contributed by atoms with van der Waals surface area (Å²) in [6, 6.07) is 13.8. The minimum absolute atomic E-state index is 0.00773. The van der Waals surface area contributed by atoms with Crippen LogP contribution in [0.2, 0.25) is 0 Å². The molecule has 0 saturated heterocycles. The third-order valence-corrected chi connectivity index (χ3v) is 4.91. The Morgan fingerprint density at radius 2 is 1.69 bits per heavy atom. The zero-order valence-electron chi connectivity index (χ0n) is 16.2. The van der Waals surface area contributed by atoms with E-state index in [2.05, 4.69) is 39.0 Å². The smallest absolute Gasteiger partial charge is 0.270 e. The number of nitrogens with one attached hydrogen (secondary N) is 3. The summed E-state index contributed by atoms with van der Waals surface area (Å²) in [6.07, 6.45) is 4.56. The van der Waals surface area contributed by atoms with E-state index in [9.17, 15) is 9.59 Å². The lowest BCUT2D eigenvalue weighted by molar-refractivity contribution is 0.0934. The van der Waals surface area contributed by atoms with Gasteiger partial charge in [0.1, 0.15) is 5.75 Å². The van der Waals surface area contributed by atoms with Crippen LogP contribution >= 0.6 is 28.1 Å². The maximum absolute atomic E-state index is 12.3. The topological polar surface area (TPSA) is 79.5 Å². The van der Waals surface area contributed by atoms with Crippen LogP contribution in [0.5, 0.6) is 5.75 Å². The van der Waals surface area contributed by atoms with Gasteiger partial charge in [0.25, 0.3) is 11.8 Å². The Balaban J connectivity index is 1.76. The maximum Gasteiger partial charge on any atom is 0.270 e. The highest BCUT2D eigenvalue weighted by Gasteiger charge is 2.11. The number of thiocarbonyl (C=S) groups is 1. The Hall–Kier alpha value is -2.45. The van der Waals surface area contributed by atoms with Crippen LogP contribution in [0, 0.1) is 0 Å². The largest absolute Gasteiger partial charge is 0.494 e. The summed E-state index contributed by atoms with van der Waals surface area (Å²) in [5.74, 6) is -0.0406. The molecule has 0 fully saturated rings. The number of carbonyl (C=O) groups excluding carboxylic acids is 2. The Bertz CT molecular complexity index is 843. The van der Waals surface area contributed by atoms with Gasteiger partial charge in [-0.15, -0.1) is 0 Å². The van der Waals surface area contributed by atoms with E-state index in [1.165, 1.54) is 12.8 Å². The Morgan fingerprint density at radius 1 is 0.966 bits per heavy atom. The van der Waals surface area contributed by atoms with Gasteiger partial charge in [0.15, 0.2) is 5.11 Å². The van der Waals surface area contributed by atoms with Crippen molar-refractivity contribution in [2.24, 2.45) is 0 Å². The normalized spacial score (nSPS) is 10.1. The fraction of sp³-hybridized carbons (Fsp3) is 0.286. The van der Waals surface area contributed by atoms with Crippen LogP contribution in [0.15, 0.2) is 53.0 Å². The molecule has 0 spiro atoms. The second-order valence-electron chi connectivity index (χ2n) is 6.28. The molecule has 0 aliphatic heterocycles. The second kappa shape index (κ2) is 12.2. The molecular weight excluding hydrogens is 454 g/mol. The number of hydrazine groups is 1. The lowest BCUT2D eigenvalue weighted by atomic mass is 10.2. The van der Waals surface area contributed by atoms with E-state index in [0.29, 0.717) is 22.2 Å². The number of benzene rings is 2. The van der Waals surface area contributed by atoms with Crippen molar-refractivity contribution < 1.29 is 14.3 Å². The van der Waals surface area contributed by atoms with E-state index in [4.69, 9.17) is 17.0 Å². The first kappa shape index (κ1) is 22.8. The molecule has 0 heterocycles. The number of carbonyl (C=O) groups is 2. The molecule has 29 heavy (non-hydrogen) atoms. The van der Waals surface area contributed by atoms with E-state index < -0.39 is 0 Å². The Kier molecular flexibility index (Phi) is 9.59. The van der Waals surface area contributed by atoms with Crippen LogP contribution in [0.3, 0.4) is 0 Å². The molecule has 0 atom stereocenters. The van der Waals surface area contributed by atoms with E-state index >= 15 is 0 Å². The van der Waals surface area contributed by atoms with Crippen molar-refractivity contribution in [1.82, 2.24) is 16.2 Å². The lowest BCUT2D eigenvalue weighted by Gasteiger charge is -2.12. The number of rotatable bonds is 8.